The van der Waals surface area contributed by atoms with Crippen LogP contribution in [0, 0.1) is 0 Å². The van der Waals surface area contributed by atoms with E-state index in [0.29, 0.717) is 19.4 Å². The van der Waals surface area contributed by atoms with Gasteiger partial charge in [-0.15, -0.1) is 0 Å². The Morgan fingerprint density at radius 1 is 1.53 bits per heavy atom. The monoisotopic (exact) mass is 254 g/mol. The van der Waals surface area contributed by atoms with Crippen LogP contribution in [0.4, 0.5) is 13.2 Å². The molecule has 1 atom stereocenters. The number of methoxy groups -OCH3 is 1. The third-order valence-electron chi connectivity index (χ3n) is 2.86. The van der Waals surface area contributed by atoms with Crippen LogP contribution in [0.25, 0.3) is 0 Å². The summed E-state index contributed by atoms with van der Waals surface area (Å²) >= 11 is 0. The molecule has 0 aromatic heterocycles. The Balaban J connectivity index is 2.39. The van der Waals surface area contributed by atoms with E-state index in [1.807, 2.05) is 5.32 Å². The predicted octanol–water partition coefficient (Wildman–Crippen LogP) is 0.951. The average Bonchev–Trinajstić information content (AvgIpc) is 2.98. The first kappa shape index (κ1) is 14.2. The minimum absolute atomic E-state index is 0.0625. The van der Waals surface area contributed by atoms with Crippen molar-refractivity contribution in [2.45, 2.75) is 43.4 Å². The first-order chi connectivity index (χ1) is 7.82. The van der Waals surface area contributed by atoms with Crippen molar-refractivity contribution in [1.82, 2.24) is 5.32 Å². The van der Waals surface area contributed by atoms with Gasteiger partial charge >= 0.3 is 6.18 Å². The Morgan fingerprint density at radius 2 is 2.12 bits per heavy atom. The molecule has 1 amide bonds. The minimum Gasteiger partial charge on any atom is -0.385 e. The zero-order valence-electron chi connectivity index (χ0n) is 9.64. The summed E-state index contributed by atoms with van der Waals surface area (Å²) in [7, 11) is 1.51. The maximum absolute atomic E-state index is 12.6. The summed E-state index contributed by atoms with van der Waals surface area (Å²) in [5.41, 5.74) is 3.48. The zero-order valence-corrected chi connectivity index (χ0v) is 9.64. The lowest BCUT2D eigenvalue weighted by atomic mass is 10.1. The highest BCUT2D eigenvalue weighted by atomic mass is 19.4. The van der Waals surface area contributed by atoms with E-state index in [1.165, 1.54) is 7.11 Å². The number of nitrogens with two attached hydrogens (primary N) is 1. The lowest BCUT2D eigenvalue weighted by Crippen LogP contribution is -2.53. The maximum atomic E-state index is 12.6. The van der Waals surface area contributed by atoms with Crippen LogP contribution in [0.3, 0.4) is 0 Å². The van der Waals surface area contributed by atoms with Crippen LogP contribution in [0.5, 0.6) is 0 Å². The summed E-state index contributed by atoms with van der Waals surface area (Å²) in [5, 5.41) is 2.00. The van der Waals surface area contributed by atoms with E-state index >= 15 is 0 Å². The van der Waals surface area contributed by atoms with Crippen LogP contribution in [0.15, 0.2) is 0 Å². The second-order valence-corrected chi connectivity index (χ2v) is 4.31. The first-order valence-electron chi connectivity index (χ1n) is 5.46. The van der Waals surface area contributed by atoms with E-state index in [2.05, 4.69) is 0 Å². The Labute approximate surface area is 97.7 Å². The van der Waals surface area contributed by atoms with Crippen molar-refractivity contribution in [3.05, 3.63) is 0 Å². The molecule has 1 fully saturated rings. The summed E-state index contributed by atoms with van der Waals surface area (Å²) in [6, 6.07) is -0.912. The Morgan fingerprint density at radius 3 is 2.53 bits per heavy atom. The number of hydrogen-bond donors (Lipinski definition) is 2. The van der Waals surface area contributed by atoms with Gasteiger partial charge in [-0.25, -0.2) is 0 Å². The van der Waals surface area contributed by atoms with Crippen LogP contribution < -0.4 is 11.1 Å². The number of carbonyl (C=O) groups is 1. The lowest BCUT2D eigenvalue weighted by molar-refractivity contribution is -0.170. The van der Waals surface area contributed by atoms with Crippen molar-refractivity contribution >= 4 is 5.91 Å². The van der Waals surface area contributed by atoms with Gasteiger partial charge in [0.1, 0.15) is 5.54 Å². The summed E-state index contributed by atoms with van der Waals surface area (Å²) in [5.74, 6) is -0.740. The second-order valence-electron chi connectivity index (χ2n) is 4.31. The maximum Gasteiger partial charge on any atom is 0.411 e. The molecule has 0 aromatic carbocycles. The van der Waals surface area contributed by atoms with E-state index in [4.69, 9.17) is 10.5 Å². The molecule has 0 saturated heterocycles. The summed E-state index contributed by atoms with van der Waals surface area (Å²) in [6.07, 6.45) is -3.66. The average molecular weight is 254 g/mol. The standard InChI is InChI=1S/C10H17F3N2O2/c1-17-6-2-3-7(14)8(16)15-9(4-5-9)10(11,12)13/h7H,2-6,14H2,1H3,(H,15,16). The molecule has 0 aliphatic heterocycles. The quantitative estimate of drug-likeness (QED) is 0.694. The molecule has 1 saturated carbocycles. The molecule has 0 radical (unpaired) electrons. The fraction of sp³-hybridized carbons (Fsp3) is 0.900. The molecule has 100 valence electrons. The Hall–Kier alpha value is -0.820. The van der Waals surface area contributed by atoms with Crippen molar-refractivity contribution in [2.75, 3.05) is 13.7 Å². The SMILES string of the molecule is COCCCC(N)C(=O)NC1(C(F)(F)F)CC1. The van der Waals surface area contributed by atoms with E-state index in [-0.39, 0.29) is 12.8 Å². The van der Waals surface area contributed by atoms with E-state index in [9.17, 15) is 18.0 Å². The van der Waals surface area contributed by atoms with E-state index < -0.39 is 23.7 Å². The highest BCUT2D eigenvalue weighted by molar-refractivity contribution is 5.82. The van der Waals surface area contributed by atoms with Crippen LogP contribution in [-0.4, -0.2) is 37.4 Å². The summed E-state index contributed by atoms with van der Waals surface area (Å²) < 4.78 is 42.4. The molecule has 17 heavy (non-hydrogen) atoms. The van der Waals surface area contributed by atoms with Crippen LogP contribution in [-0.2, 0) is 9.53 Å². The molecule has 0 spiro atoms. The molecule has 0 bridgehead atoms. The first-order valence-corrected chi connectivity index (χ1v) is 5.46. The Kier molecular flexibility index (Phi) is 4.37. The second kappa shape index (κ2) is 5.22. The highest BCUT2D eigenvalue weighted by Gasteiger charge is 2.64. The van der Waals surface area contributed by atoms with Crippen molar-refractivity contribution in [2.24, 2.45) is 5.73 Å². The number of nitrogens with one attached hydrogen (secondary N) is 1. The Bertz CT molecular complexity index is 277. The molecule has 0 aromatic rings. The van der Waals surface area contributed by atoms with Gasteiger partial charge in [0.05, 0.1) is 6.04 Å². The number of ether oxygens (including phenoxy) is 1. The normalized spacial score (nSPS) is 19.8. The summed E-state index contributed by atoms with van der Waals surface area (Å²) in [6.45, 7) is 0.436. The molecule has 3 N–H and O–H groups in total. The van der Waals surface area contributed by atoms with Gasteiger partial charge in [-0.3, -0.25) is 4.79 Å². The third kappa shape index (κ3) is 3.57. The fourth-order valence-corrected chi connectivity index (χ4v) is 1.51. The molecule has 1 aliphatic carbocycles. The topological polar surface area (TPSA) is 64.3 Å². The zero-order chi connectivity index (χ0) is 13.1. The molecule has 1 aliphatic rings. The number of rotatable bonds is 6. The third-order valence-corrected chi connectivity index (χ3v) is 2.86. The molecular formula is C10H17F3N2O2. The van der Waals surface area contributed by atoms with Crippen molar-refractivity contribution in [3.8, 4) is 0 Å². The summed E-state index contributed by atoms with van der Waals surface area (Å²) in [4.78, 5) is 11.5. The molecular weight excluding hydrogens is 237 g/mol. The number of carbonyl (C=O) groups excluding carboxylic acids is 1. The van der Waals surface area contributed by atoms with Gasteiger partial charge in [-0.1, -0.05) is 0 Å². The largest absolute Gasteiger partial charge is 0.411 e. The van der Waals surface area contributed by atoms with E-state index in [0.717, 1.165) is 0 Å². The van der Waals surface area contributed by atoms with Crippen LogP contribution in [0.2, 0.25) is 0 Å². The minimum atomic E-state index is -4.39. The molecule has 4 nitrogen and oxygen atoms in total. The van der Waals surface area contributed by atoms with Gasteiger partial charge < -0.3 is 15.8 Å². The highest BCUT2D eigenvalue weighted by Crippen LogP contribution is 2.48. The number of halogens is 3. The van der Waals surface area contributed by atoms with Gasteiger partial charge in [-0.2, -0.15) is 13.2 Å². The molecule has 1 unspecified atom stereocenters. The predicted molar refractivity (Wildman–Crippen MR) is 55.2 cm³/mol. The molecule has 0 heterocycles. The number of alkyl halides is 3. The van der Waals surface area contributed by atoms with Crippen molar-refractivity contribution < 1.29 is 22.7 Å². The smallest absolute Gasteiger partial charge is 0.385 e. The fourth-order valence-electron chi connectivity index (χ4n) is 1.51. The lowest BCUT2D eigenvalue weighted by Gasteiger charge is -2.22. The van der Waals surface area contributed by atoms with E-state index in [1.54, 1.807) is 0 Å². The number of amides is 1. The van der Waals surface area contributed by atoms with Gasteiger partial charge in [0.2, 0.25) is 5.91 Å². The molecule has 1 rings (SSSR count). The van der Waals surface area contributed by atoms with Gasteiger partial charge in [0.25, 0.3) is 0 Å². The van der Waals surface area contributed by atoms with Crippen molar-refractivity contribution in [3.63, 3.8) is 0 Å². The molecule has 7 heteroatoms. The van der Waals surface area contributed by atoms with Gasteiger partial charge in [0.15, 0.2) is 0 Å². The van der Waals surface area contributed by atoms with Crippen LogP contribution in [0.1, 0.15) is 25.7 Å². The number of hydrogen-bond acceptors (Lipinski definition) is 3. The van der Waals surface area contributed by atoms with Gasteiger partial charge in [0, 0.05) is 13.7 Å². The van der Waals surface area contributed by atoms with Crippen LogP contribution >= 0.6 is 0 Å². The van der Waals surface area contributed by atoms with Gasteiger partial charge in [-0.05, 0) is 25.7 Å². The van der Waals surface area contributed by atoms with Crippen molar-refractivity contribution in [1.29, 1.82) is 0 Å².